The van der Waals surface area contributed by atoms with Crippen molar-refractivity contribution in [3.05, 3.63) is 17.9 Å². The van der Waals surface area contributed by atoms with Crippen molar-refractivity contribution in [2.45, 2.75) is 18.6 Å². The molecular formula is C10H17NO5S. The molecule has 1 rings (SSSR count). The molecule has 1 heterocycles. The predicted octanol–water partition coefficient (Wildman–Crippen LogP) is 0.429. The fraction of sp³-hybridized carbons (Fsp3) is 0.600. The third-order valence-electron chi connectivity index (χ3n) is 2.21. The van der Waals surface area contributed by atoms with Crippen molar-refractivity contribution in [1.29, 1.82) is 0 Å². The molecule has 0 aliphatic heterocycles. The van der Waals surface area contributed by atoms with Crippen molar-refractivity contribution in [1.82, 2.24) is 4.31 Å². The van der Waals surface area contributed by atoms with E-state index in [1.54, 1.807) is 0 Å². The van der Waals surface area contributed by atoms with Gasteiger partial charge in [0, 0.05) is 20.2 Å². The van der Waals surface area contributed by atoms with E-state index in [0.717, 1.165) is 4.31 Å². The summed E-state index contributed by atoms with van der Waals surface area (Å²) >= 11 is 0. The van der Waals surface area contributed by atoms with E-state index in [9.17, 15) is 8.42 Å². The van der Waals surface area contributed by atoms with E-state index in [4.69, 9.17) is 14.3 Å². The van der Waals surface area contributed by atoms with Crippen molar-refractivity contribution in [3.63, 3.8) is 0 Å². The van der Waals surface area contributed by atoms with Gasteiger partial charge in [0.05, 0.1) is 6.61 Å². The molecule has 0 unspecified atom stereocenters. The van der Waals surface area contributed by atoms with E-state index in [2.05, 4.69) is 0 Å². The number of hydrogen-bond acceptors (Lipinski definition) is 5. The van der Waals surface area contributed by atoms with Crippen molar-refractivity contribution in [3.8, 4) is 0 Å². The molecule has 0 fully saturated rings. The van der Waals surface area contributed by atoms with Gasteiger partial charge in [0.15, 0.2) is 0 Å². The zero-order valence-corrected chi connectivity index (χ0v) is 10.7. The fourth-order valence-electron chi connectivity index (χ4n) is 1.19. The highest BCUT2D eigenvalue weighted by Crippen LogP contribution is 2.17. The molecule has 1 aromatic rings. The van der Waals surface area contributed by atoms with Crippen molar-refractivity contribution >= 4 is 10.0 Å². The quantitative estimate of drug-likeness (QED) is 0.722. The average molecular weight is 263 g/mol. The highest BCUT2D eigenvalue weighted by atomic mass is 32.2. The lowest BCUT2D eigenvalue weighted by Gasteiger charge is -2.14. The van der Waals surface area contributed by atoms with E-state index in [-0.39, 0.29) is 24.0 Å². The Labute approximate surface area is 101 Å². The van der Waals surface area contributed by atoms with Gasteiger partial charge in [-0.05, 0) is 19.1 Å². The van der Waals surface area contributed by atoms with E-state index >= 15 is 0 Å². The molecule has 98 valence electrons. The Kier molecular flexibility index (Phi) is 5.13. The van der Waals surface area contributed by atoms with Crippen LogP contribution in [0.25, 0.3) is 0 Å². The Hall–Kier alpha value is -0.890. The third-order valence-corrected chi connectivity index (χ3v) is 3.94. The third kappa shape index (κ3) is 3.53. The maximum Gasteiger partial charge on any atom is 0.276 e. The van der Waals surface area contributed by atoms with E-state index in [1.165, 1.54) is 19.2 Å². The van der Waals surface area contributed by atoms with E-state index in [1.807, 2.05) is 6.92 Å². The molecule has 0 aromatic carbocycles. The van der Waals surface area contributed by atoms with Crippen LogP contribution in [0.3, 0.4) is 0 Å². The summed E-state index contributed by atoms with van der Waals surface area (Å²) in [6, 6.07) is 2.77. The number of furan rings is 1. The molecule has 0 saturated heterocycles. The van der Waals surface area contributed by atoms with E-state index in [0.29, 0.717) is 13.2 Å². The second-order valence-electron chi connectivity index (χ2n) is 3.40. The SMILES string of the molecule is CCOCCN(C)S(=O)(=O)c1ccc(CO)o1. The molecule has 0 aliphatic rings. The largest absolute Gasteiger partial charge is 0.446 e. The molecule has 0 bridgehead atoms. The number of nitrogens with zero attached hydrogens (tertiary/aromatic N) is 1. The first-order chi connectivity index (χ1) is 8.02. The Morgan fingerprint density at radius 2 is 2.18 bits per heavy atom. The van der Waals surface area contributed by atoms with Gasteiger partial charge in [-0.3, -0.25) is 0 Å². The minimum atomic E-state index is -3.63. The number of aliphatic hydroxyl groups is 1. The summed E-state index contributed by atoms with van der Waals surface area (Å²) in [4.78, 5) is 0. The zero-order valence-electron chi connectivity index (χ0n) is 9.92. The molecule has 0 aliphatic carbocycles. The van der Waals surface area contributed by atoms with Crippen LogP contribution in [0.4, 0.5) is 0 Å². The first kappa shape index (κ1) is 14.2. The van der Waals surface area contributed by atoms with Gasteiger partial charge in [0.2, 0.25) is 5.09 Å². The molecule has 7 heteroatoms. The predicted molar refractivity (Wildman–Crippen MR) is 60.9 cm³/mol. The van der Waals surface area contributed by atoms with Crippen LogP contribution in [-0.2, 0) is 21.4 Å². The highest BCUT2D eigenvalue weighted by molar-refractivity contribution is 7.89. The summed E-state index contributed by atoms with van der Waals surface area (Å²) in [7, 11) is -2.18. The molecule has 0 atom stereocenters. The number of hydrogen-bond donors (Lipinski definition) is 1. The topological polar surface area (TPSA) is 80.0 Å². The summed E-state index contributed by atoms with van der Waals surface area (Å²) in [5.41, 5.74) is 0. The summed E-state index contributed by atoms with van der Waals surface area (Å²) in [6.45, 7) is 2.65. The fourth-order valence-corrected chi connectivity index (χ4v) is 2.27. The number of aliphatic hydroxyl groups excluding tert-OH is 1. The molecule has 6 nitrogen and oxygen atoms in total. The van der Waals surface area contributed by atoms with Crippen LogP contribution >= 0.6 is 0 Å². The maximum atomic E-state index is 12.0. The van der Waals surface area contributed by atoms with Crippen LogP contribution in [0.5, 0.6) is 0 Å². The summed E-state index contributed by atoms with van der Waals surface area (Å²) in [5.74, 6) is 0.224. The van der Waals surface area contributed by atoms with Crippen LogP contribution in [0.2, 0.25) is 0 Å². The smallest absolute Gasteiger partial charge is 0.276 e. The summed E-state index contributed by atoms with van der Waals surface area (Å²) < 4.78 is 35.1. The van der Waals surface area contributed by atoms with Crippen LogP contribution in [0.1, 0.15) is 12.7 Å². The van der Waals surface area contributed by atoms with Crippen LogP contribution in [-0.4, -0.2) is 44.6 Å². The minimum absolute atomic E-state index is 0.166. The van der Waals surface area contributed by atoms with Gasteiger partial charge < -0.3 is 14.3 Å². The van der Waals surface area contributed by atoms with Gasteiger partial charge in [-0.25, -0.2) is 8.42 Å². The molecule has 0 spiro atoms. The lowest BCUT2D eigenvalue weighted by Crippen LogP contribution is -2.30. The van der Waals surface area contributed by atoms with Gasteiger partial charge in [-0.15, -0.1) is 0 Å². The van der Waals surface area contributed by atoms with Crippen LogP contribution in [0.15, 0.2) is 21.6 Å². The maximum absolute atomic E-state index is 12.0. The van der Waals surface area contributed by atoms with Crippen molar-refractivity contribution < 1.29 is 22.7 Å². The van der Waals surface area contributed by atoms with Gasteiger partial charge in [-0.1, -0.05) is 0 Å². The van der Waals surface area contributed by atoms with Gasteiger partial charge >= 0.3 is 0 Å². The molecule has 0 radical (unpaired) electrons. The molecule has 1 N–H and O–H groups in total. The highest BCUT2D eigenvalue weighted by Gasteiger charge is 2.24. The lowest BCUT2D eigenvalue weighted by atomic mass is 10.5. The van der Waals surface area contributed by atoms with Crippen molar-refractivity contribution in [2.24, 2.45) is 0 Å². The Bertz CT molecular complexity index is 439. The number of ether oxygens (including phenoxy) is 1. The normalized spacial score (nSPS) is 12.2. The molecule has 0 saturated carbocycles. The monoisotopic (exact) mass is 263 g/mol. The average Bonchev–Trinajstić information content (AvgIpc) is 2.78. The summed E-state index contributed by atoms with van der Waals surface area (Å²) in [6.07, 6.45) is 0. The first-order valence-electron chi connectivity index (χ1n) is 5.26. The molecular weight excluding hydrogens is 246 g/mol. The molecule has 17 heavy (non-hydrogen) atoms. The summed E-state index contributed by atoms with van der Waals surface area (Å²) in [5, 5.41) is 8.64. The Balaban J connectivity index is 2.73. The van der Waals surface area contributed by atoms with E-state index < -0.39 is 10.0 Å². The van der Waals surface area contributed by atoms with Crippen LogP contribution < -0.4 is 0 Å². The molecule has 0 amide bonds. The van der Waals surface area contributed by atoms with Crippen LogP contribution in [0, 0.1) is 0 Å². The van der Waals surface area contributed by atoms with Gasteiger partial charge in [0.1, 0.15) is 12.4 Å². The zero-order chi connectivity index (χ0) is 12.9. The number of rotatable bonds is 7. The lowest BCUT2D eigenvalue weighted by molar-refractivity contribution is 0.138. The standard InChI is InChI=1S/C10H17NO5S/c1-3-15-7-6-11(2)17(13,14)10-5-4-9(8-12)16-10/h4-5,12H,3,6-8H2,1-2H3. The second-order valence-corrected chi connectivity index (χ2v) is 5.38. The first-order valence-corrected chi connectivity index (χ1v) is 6.70. The Morgan fingerprint density at radius 3 is 2.71 bits per heavy atom. The van der Waals surface area contributed by atoms with Crippen molar-refractivity contribution in [2.75, 3.05) is 26.8 Å². The number of sulfonamides is 1. The second kappa shape index (κ2) is 6.15. The molecule has 1 aromatic heterocycles. The Morgan fingerprint density at radius 1 is 1.47 bits per heavy atom. The van der Waals surface area contributed by atoms with Gasteiger partial charge in [-0.2, -0.15) is 4.31 Å². The van der Waals surface area contributed by atoms with Gasteiger partial charge in [0.25, 0.3) is 10.0 Å². The minimum Gasteiger partial charge on any atom is -0.446 e. The number of likely N-dealkylation sites (N-methyl/N-ethyl adjacent to an activating group) is 1.